The van der Waals surface area contributed by atoms with Crippen molar-refractivity contribution in [3.63, 3.8) is 0 Å². The molecule has 1 atom stereocenters. The second-order valence-electron chi connectivity index (χ2n) is 5.13. The van der Waals surface area contributed by atoms with Gasteiger partial charge in [-0.1, -0.05) is 29.3 Å². The Labute approximate surface area is 112 Å². The number of halogens is 3. The fraction of sp³-hybridized carbons (Fsp3) is 0.538. The highest BCUT2D eigenvalue weighted by atomic mass is 35.5. The summed E-state index contributed by atoms with van der Waals surface area (Å²) in [4.78, 5) is 0. The Hall–Kier alpha value is -0.310. The van der Waals surface area contributed by atoms with Crippen LogP contribution in [0.1, 0.15) is 26.3 Å². The molecule has 4 heteroatoms. The third kappa shape index (κ3) is 5.24. The first-order valence-electron chi connectivity index (χ1n) is 5.61. The van der Waals surface area contributed by atoms with Crippen molar-refractivity contribution in [3.05, 3.63) is 33.8 Å². The van der Waals surface area contributed by atoms with Gasteiger partial charge in [0.25, 0.3) is 0 Å². The molecule has 1 nitrogen and oxygen atoms in total. The van der Waals surface area contributed by atoms with E-state index in [2.05, 4.69) is 5.32 Å². The third-order valence-electron chi connectivity index (χ3n) is 2.34. The molecular formula is C13H18Cl2FN. The summed E-state index contributed by atoms with van der Waals surface area (Å²) in [5.74, 6) is 0. The normalized spacial score (nSPS) is 13.8. The molecule has 0 aliphatic heterocycles. The van der Waals surface area contributed by atoms with Gasteiger partial charge < -0.3 is 5.32 Å². The van der Waals surface area contributed by atoms with Gasteiger partial charge in [-0.2, -0.15) is 0 Å². The van der Waals surface area contributed by atoms with Crippen molar-refractivity contribution in [3.8, 4) is 0 Å². The molecule has 17 heavy (non-hydrogen) atoms. The summed E-state index contributed by atoms with van der Waals surface area (Å²) < 4.78 is 13.8. The van der Waals surface area contributed by atoms with E-state index < -0.39 is 6.17 Å². The van der Waals surface area contributed by atoms with Gasteiger partial charge in [0.2, 0.25) is 0 Å². The van der Waals surface area contributed by atoms with Crippen molar-refractivity contribution in [2.75, 3.05) is 6.54 Å². The van der Waals surface area contributed by atoms with Crippen molar-refractivity contribution in [2.24, 2.45) is 0 Å². The van der Waals surface area contributed by atoms with Gasteiger partial charge in [-0.15, -0.1) is 0 Å². The summed E-state index contributed by atoms with van der Waals surface area (Å²) in [5.41, 5.74) is 0.591. The molecule has 0 aromatic heterocycles. The third-order valence-corrected chi connectivity index (χ3v) is 3.05. The van der Waals surface area contributed by atoms with Crippen molar-refractivity contribution in [2.45, 2.75) is 38.9 Å². The molecular weight excluding hydrogens is 260 g/mol. The first-order chi connectivity index (χ1) is 7.79. The van der Waals surface area contributed by atoms with Gasteiger partial charge >= 0.3 is 0 Å². The molecule has 0 bridgehead atoms. The maximum Gasteiger partial charge on any atom is 0.117 e. The number of hydrogen-bond acceptors (Lipinski definition) is 1. The largest absolute Gasteiger partial charge is 0.309 e. The Kier molecular flexibility index (Phi) is 5.23. The molecule has 96 valence electrons. The van der Waals surface area contributed by atoms with Gasteiger partial charge in [-0.05, 0) is 38.5 Å². The van der Waals surface area contributed by atoms with Crippen LogP contribution in [0, 0.1) is 0 Å². The van der Waals surface area contributed by atoms with Crippen LogP contribution in [0.4, 0.5) is 4.39 Å². The first-order valence-corrected chi connectivity index (χ1v) is 6.37. The fourth-order valence-corrected chi connectivity index (χ4v) is 1.99. The first kappa shape index (κ1) is 14.7. The molecule has 1 unspecified atom stereocenters. The maximum atomic E-state index is 13.8. The molecule has 0 fully saturated rings. The standard InChI is InChI=1S/C13H18Cl2FN/c1-13(2,3)17-8-9(16)7-10-11(14)5-4-6-12(10)15/h4-6,9,17H,7-8H2,1-3H3. The molecule has 1 aromatic rings. The number of benzene rings is 1. The average Bonchev–Trinajstić information content (AvgIpc) is 2.20. The quantitative estimate of drug-likeness (QED) is 0.867. The second kappa shape index (κ2) is 6.03. The highest BCUT2D eigenvalue weighted by Crippen LogP contribution is 2.26. The van der Waals surface area contributed by atoms with Crippen LogP contribution in [0.3, 0.4) is 0 Å². The lowest BCUT2D eigenvalue weighted by Gasteiger charge is -2.22. The molecule has 1 rings (SSSR count). The Morgan fingerprint density at radius 1 is 1.24 bits per heavy atom. The van der Waals surface area contributed by atoms with E-state index in [1.807, 2.05) is 20.8 Å². The molecule has 0 heterocycles. The van der Waals surface area contributed by atoms with Gasteiger partial charge in [-0.25, -0.2) is 4.39 Å². The van der Waals surface area contributed by atoms with E-state index in [0.717, 1.165) is 0 Å². The predicted octanol–water partition coefficient (Wildman–Crippen LogP) is 4.26. The molecule has 1 N–H and O–H groups in total. The van der Waals surface area contributed by atoms with E-state index in [0.29, 0.717) is 22.2 Å². The topological polar surface area (TPSA) is 12.0 Å². The second-order valence-corrected chi connectivity index (χ2v) is 5.95. The van der Waals surface area contributed by atoms with Crippen LogP contribution in [0.25, 0.3) is 0 Å². The molecule has 0 spiro atoms. The summed E-state index contributed by atoms with van der Waals surface area (Å²) >= 11 is 12.0. The van der Waals surface area contributed by atoms with Crippen LogP contribution in [-0.2, 0) is 6.42 Å². The summed E-state index contributed by atoms with van der Waals surface area (Å²) in [5, 5.41) is 4.17. The number of nitrogens with one attached hydrogen (secondary N) is 1. The highest BCUT2D eigenvalue weighted by Gasteiger charge is 2.16. The SMILES string of the molecule is CC(C)(C)NCC(F)Cc1c(Cl)cccc1Cl. The van der Waals surface area contributed by atoms with E-state index >= 15 is 0 Å². The number of rotatable bonds is 4. The molecule has 0 saturated heterocycles. The summed E-state index contributed by atoms with van der Waals surface area (Å²) in [6.45, 7) is 6.30. The van der Waals surface area contributed by atoms with Crippen molar-refractivity contribution in [1.29, 1.82) is 0 Å². The smallest absolute Gasteiger partial charge is 0.117 e. The summed E-state index contributed by atoms with van der Waals surface area (Å²) in [7, 11) is 0. The Morgan fingerprint density at radius 3 is 2.24 bits per heavy atom. The summed E-state index contributed by atoms with van der Waals surface area (Å²) in [6.07, 6.45) is -0.756. The van der Waals surface area contributed by atoms with Crippen LogP contribution < -0.4 is 5.32 Å². The van der Waals surface area contributed by atoms with Gasteiger partial charge in [0.05, 0.1) is 0 Å². The zero-order chi connectivity index (χ0) is 13.1. The van der Waals surface area contributed by atoms with Crippen LogP contribution in [0.15, 0.2) is 18.2 Å². The number of hydrogen-bond donors (Lipinski definition) is 1. The Bertz CT molecular complexity index is 354. The number of alkyl halides is 1. The molecule has 0 saturated carbocycles. The van der Waals surface area contributed by atoms with Crippen LogP contribution in [0.5, 0.6) is 0 Å². The van der Waals surface area contributed by atoms with E-state index in [-0.39, 0.29) is 12.0 Å². The van der Waals surface area contributed by atoms with Crippen LogP contribution >= 0.6 is 23.2 Å². The van der Waals surface area contributed by atoms with E-state index in [4.69, 9.17) is 23.2 Å². The maximum absolute atomic E-state index is 13.8. The molecule has 0 radical (unpaired) electrons. The zero-order valence-electron chi connectivity index (χ0n) is 10.4. The monoisotopic (exact) mass is 277 g/mol. The van der Waals surface area contributed by atoms with Crippen LogP contribution in [0.2, 0.25) is 10.0 Å². The molecule has 1 aromatic carbocycles. The average molecular weight is 278 g/mol. The summed E-state index contributed by atoms with van der Waals surface area (Å²) in [6, 6.07) is 5.22. The van der Waals surface area contributed by atoms with Gasteiger partial charge in [0.1, 0.15) is 6.17 Å². The minimum atomic E-state index is -0.994. The van der Waals surface area contributed by atoms with E-state index in [1.54, 1.807) is 18.2 Å². The Balaban J connectivity index is 2.59. The zero-order valence-corrected chi connectivity index (χ0v) is 11.9. The lowest BCUT2D eigenvalue weighted by atomic mass is 10.1. The lowest BCUT2D eigenvalue weighted by Crippen LogP contribution is -2.40. The van der Waals surface area contributed by atoms with Crippen molar-refractivity contribution in [1.82, 2.24) is 5.32 Å². The van der Waals surface area contributed by atoms with Crippen LogP contribution in [-0.4, -0.2) is 18.3 Å². The minimum Gasteiger partial charge on any atom is -0.309 e. The Morgan fingerprint density at radius 2 is 1.76 bits per heavy atom. The van der Waals surface area contributed by atoms with E-state index in [9.17, 15) is 4.39 Å². The van der Waals surface area contributed by atoms with Crippen molar-refractivity contribution >= 4 is 23.2 Å². The predicted molar refractivity (Wildman–Crippen MR) is 72.8 cm³/mol. The van der Waals surface area contributed by atoms with E-state index in [1.165, 1.54) is 0 Å². The van der Waals surface area contributed by atoms with Gasteiger partial charge in [-0.3, -0.25) is 0 Å². The molecule has 0 aliphatic carbocycles. The lowest BCUT2D eigenvalue weighted by molar-refractivity contribution is 0.284. The van der Waals surface area contributed by atoms with Gasteiger partial charge in [0, 0.05) is 28.5 Å². The highest BCUT2D eigenvalue weighted by molar-refractivity contribution is 6.35. The molecule has 0 amide bonds. The van der Waals surface area contributed by atoms with Gasteiger partial charge in [0.15, 0.2) is 0 Å². The molecule has 0 aliphatic rings. The van der Waals surface area contributed by atoms with Crippen molar-refractivity contribution < 1.29 is 4.39 Å². The minimum absolute atomic E-state index is 0.0887. The fourth-order valence-electron chi connectivity index (χ4n) is 1.44.